The van der Waals surface area contributed by atoms with Crippen molar-refractivity contribution in [2.75, 3.05) is 0 Å². The summed E-state index contributed by atoms with van der Waals surface area (Å²) in [6.07, 6.45) is 3.32. The molecule has 0 aliphatic heterocycles. The summed E-state index contributed by atoms with van der Waals surface area (Å²) in [5.74, 6) is -1.52. The molecule has 0 spiro atoms. The molecule has 0 unspecified atom stereocenters. The first kappa shape index (κ1) is 17.3. The van der Waals surface area contributed by atoms with Gasteiger partial charge in [-0.3, -0.25) is 14.9 Å². The second-order valence-corrected chi connectivity index (χ2v) is 6.20. The van der Waals surface area contributed by atoms with Gasteiger partial charge in [0.05, 0.1) is 16.9 Å². The van der Waals surface area contributed by atoms with Crippen molar-refractivity contribution < 1.29 is 14.7 Å². The normalized spacial score (nSPS) is 11.2. The zero-order valence-corrected chi connectivity index (χ0v) is 14.2. The van der Waals surface area contributed by atoms with Gasteiger partial charge in [0, 0.05) is 18.0 Å². The quantitative estimate of drug-likeness (QED) is 0.648. The maximum atomic E-state index is 12.6. The van der Waals surface area contributed by atoms with E-state index in [-0.39, 0.29) is 17.3 Å². The summed E-state index contributed by atoms with van der Waals surface area (Å²) < 4.78 is 0. The summed E-state index contributed by atoms with van der Waals surface area (Å²) in [4.78, 5) is 32.0. The smallest absolute Gasteiger partial charge is 0.356 e. The number of pyridine rings is 2. The van der Waals surface area contributed by atoms with Gasteiger partial charge in [-0.05, 0) is 44.2 Å². The summed E-state index contributed by atoms with van der Waals surface area (Å²) in [6.45, 7) is 3.49. The highest BCUT2D eigenvalue weighted by atomic mass is 16.4. The Bertz CT molecular complexity index is 950. The van der Waals surface area contributed by atoms with Crippen LogP contribution in [0, 0.1) is 0 Å². The van der Waals surface area contributed by atoms with Gasteiger partial charge < -0.3 is 10.4 Å². The largest absolute Gasteiger partial charge is 0.476 e. The number of hydrogen-bond acceptors (Lipinski definition) is 5. The number of hydrogen-bond donors (Lipinski definition) is 3. The predicted molar refractivity (Wildman–Crippen MR) is 93.5 cm³/mol. The topological polar surface area (TPSA) is 121 Å². The highest BCUT2D eigenvalue weighted by Gasteiger charge is 2.27. The van der Waals surface area contributed by atoms with Crippen molar-refractivity contribution in [3.05, 3.63) is 65.9 Å². The summed E-state index contributed by atoms with van der Waals surface area (Å²) in [5.41, 5.74) is 1.28. The van der Waals surface area contributed by atoms with E-state index in [2.05, 4.69) is 25.5 Å². The van der Waals surface area contributed by atoms with E-state index in [9.17, 15) is 9.59 Å². The average molecular weight is 351 g/mol. The maximum absolute atomic E-state index is 12.6. The second-order valence-electron chi connectivity index (χ2n) is 6.20. The minimum atomic E-state index is -1.14. The molecular formula is C18H17N5O3. The van der Waals surface area contributed by atoms with Crippen LogP contribution in [0.25, 0.3) is 11.3 Å². The number of carbonyl (C=O) groups is 2. The molecule has 0 saturated carbocycles. The Hall–Kier alpha value is -3.55. The van der Waals surface area contributed by atoms with Crippen molar-refractivity contribution in [2.24, 2.45) is 0 Å². The molecule has 0 saturated heterocycles. The third-order valence-corrected chi connectivity index (χ3v) is 3.85. The Morgan fingerprint density at radius 2 is 1.85 bits per heavy atom. The Kier molecular flexibility index (Phi) is 4.49. The molecule has 0 aliphatic carbocycles. The van der Waals surface area contributed by atoms with Crippen LogP contribution >= 0.6 is 0 Å². The van der Waals surface area contributed by atoms with Gasteiger partial charge in [0.1, 0.15) is 5.69 Å². The van der Waals surface area contributed by atoms with Crippen LogP contribution in [0.1, 0.15) is 40.5 Å². The van der Waals surface area contributed by atoms with Gasteiger partial charge in [-0.2, -0.15) is 5.10 Å². The number of carboxylic acids is 1. The number of carboxylic acid groups (broad SMARTS) is 1. The first-order chi connectivity index (χ1) is 12.4. The standard InChI is InChI=1S/C18H17N5O3/c1-18(2,15-10-14(17(25)26)22-23-15)21-16(24)13-5-3-4-12(20-13)11-6-8-19-9-7-11/h3-10H,1-2H3,(H,21,24)(H,22,23)(H,25,26). The lowest BCUT2D eigenvalue weighted by atomic mass is 10.00. The Balaban J connectivity index is 1.82. The van der Waals surface area contributed by atoms with Crippen LogP contribution in [-0.2, 0) is 5.54 Å². The molecule has 3 rings (SSSR count). The summed E-state index contributed by atoms with van der Waals surface area (Å²) in [6, 6.07) is 10.2. The molecule has 0 aliphatic rings. The molecule has 0 atom stereocenters. The molecular weight excluding hydrogens is 334 g/mol. The summed E-state index contributed by atoms with van der Waals surface area (Å²) >= 11 is 0. The summed E-state index contributed by atoms with van der Waals surface area (Å²) in [5, 5.41) is 18.2. The van der Waals surface area contributed by atoms with Gasteiger partial charge >= 0.3 is 5.97 Å². The van der Waals surface area contributed by atoms with Crippen LogP contribution in [0.2, 0.25) is 0 Å². The first-order valence-corrected chi connectivity index (χ1v) is 7.86. The van der Waals surface area contributed by atoms with Crippen molar-refractivity contribution in [1.29, 1.82) is 0 Å². The monoisotopic (exact) mass is 351 g/mol. The molecule has 8 heteroatoms. The Morgan fingerprint density at radius 3 is 2.50 bits per heavy atom. The van der Waals surface area contributed by atoms with Gasteiger partial charge in [0.25, 0.3) is 5.91 Å². The lowest BCUT2D eigenvalue weighted by molar-refractivity contribution is 0.0690. The molecule has 0 radical (unpaired) electrons. The van der Waals surface area contributed by atoms with E-state index in [0.29, 0.717) is 11.4 Å². The average Bonchev–Trinajstić information content (AvgIpc) is 3.14. The van der Waals surface area contributed by atoms with Crippen LogP contribution in [0.15, 0.2) is 48.8 Å². The van der Waals surface area contributed by atoms with E-state index in [1.54, 1.807) is 38.4 Å². The van der Waals surface area contributed by atoms with Crippen LogP contribution in [0.3, 0.4) is 0 Å². The number of carbonyl (C=O) groups excluding carboxylic acids is 1. The molecule has 132 valence electrons. The fourth-order valence-electron chi connectivity index (χ4n) is 2.41. The minimum Gasteiger partial charge on any atom is -0.476 e. The van der Waals surface area contributed by atoms with E-state index >= 15 is 0 Å². The Morgan fingerprint density at radius 1 is 1.12 bits per heavy atom. The maximum Gasteiger partial charge on any atom is 0.356 e. The number of aromatic carboxylic acids is 1. The summed E-state index contributed by atoms with van der Waals surface area (Å²) in [7, 11) is 0. The van der Waals surface area contributed by atoms with Crippen molar-refractivity contribution in [3.8, 4) is 11.3 Å². The molecule has 3 aromatic heterocycles. The van der Waals surface area contributed by atoms with Gasteiger partial charge in [0.2, 0.25) is 0 Å². The van der Waals surface area contributed by atoms with Crippen molar-refractivity contribution in [2.45, 2.75) is 19.4 Å². The van der Waals surface area contributed by atoms with E-state index in [0.717, 1.165) is 5.56 Å². The highest BCUT2D eigenvalue weighted by Crippen LogP contribution is 2.20. The zero-order chi connectivity index (χ0) is 18.7. The van der Waals surface area contributed by atoms with Crippen LogP contribution in [0.5, 0.6) is 0 Å². The Labute approximate surface area is 149 Å². The van der Waals surface area contributed by atoms with Gasteiger partial charge in [-0.1, -0.05) is 6.07 Å². The molecule has 0 aromatic carbocycles. The molecule has 3 aromatic rings. The third kappa shape index (κ3) is 3.59. The zero-order valence-electron chi connectivity index (χ0n) is 14.2. The molecule has 0 fully saturated rings. The third-order valence-electron chi connectivity index (χ3n) is 3.85. The van der Waals surface area contributed by atoms with E-state index in [1.807, 2.05) is 18.2 Å². The number of nitrogens with zero attached hydrogens (tertiary/aromatic N) is 3. The highest BCUT2D eigenvalue weighted by molar-refractivity contribution is 5.93. The first-order valence-electron chi connectivity index (χ1n) is 7.86. The van der Waals surface area contributed by atoms with Crippen LogP contribution < -0.4 is 5.32 Å². The lowest BCUT2D eigenvalue weighted by Crippen LogP contribution is -2.41. The number of amides is 1. The number of aromatic nitrogens is 4. The molecule has 8 nitrogen and oxygen atoms in total. The molecule has 3 heterocycles. The van der Waals surface area contributed by atoms with Crippen molar-refractivity contribution >= 4 is 11.9 Å². The minimum absolute atomic E-state index is 0.111. The molecule has 26 heavy (non-hydrogen) atoms. The van der Waals surface area contributed by atoms with Gasteiger partial charge in [-0.25, -0.2) is 9.78 Å². The number of nitrogens with one attached hydrogen (secondary N) is 2. The van der Waals surface area contributed by atoms with Crippen molar-refractivity contribution in [3.63, 3.8) is 0 Å². The fraction of sp³-hybridized carbons (Fsp3) is 0.167. The fourth-order valence-corrected chi connectivity index (χ4v) is 2.41. The second kappa shape index (κ2) is 6.75. The van der Waals surface area contributed by atoms with E-state index in [4.69, 9.17) is 5.11 Å². The van der Waals surface area contributed by atoms with Crippen LogP contribution in [0.4, 0.5) is 0 Å². The van der Waals surface area contributed by atoms with Crippen molar-refractivity contribution in [1.82, 2.24) is 25.5 Å². The van der Waals surface area contributed by atoms with Gasteiger partial charge in [0.15, 0.2) is 5.69 Å². The predicted octanol–water partition coefficient (Wildman–Crippen LogP) is 2.23. The van der Waals surface area contributed by atoms with E-state index in [1.165, 1.54) is 6.07 Å². The lowest BCUT2D eigenvalue weighted by Gasteiger charge is -2.24. The molecule has 3 N–H and O–H groups in total. The number of aromatic amines is 1. The number of rotatable bonds is 5. The number of H-pyrrole nitrogens is 1. The molecule has 1 amide bonds. The van der Waals surface area contributed by atoms with Crippen LogP contribution in [-0.4, -0.2) is 37.1 Å². The SMILES string of the molecule is CC(C)(NC(=O)c1cccc(-c2ccncc2)n1)c1cc(C(=O)O)n[nH]1. The van der Waals surface area contributed by atoms with E-state index < -0.39 is 11.5 Å². The molecule has 0 bridgehead atoms. The van der Waals surface area contributed by atoms with Gasteiger partial charge in [-0.15, -0.1) is 0 Å².